The Balaban J connectivity index is 1.49. The highest BCUT2D eigenvalue weighted by molar-refractivity contribution is 5.79. The van der Waals surface area contributed by atoms with Crippen LogP contribution in [0.2, 0.25) is 0 Å². The Hall–Kier alpha value is -3.02. The van der Waals surface area contributed by atoms with Gasteiger partial charge in [0.15, 0.2) is 5.82 Å². The summed E-state index contributed by atoms with van der Waals surface area (Å²) < 4.78 is 19.1. The summed E-state index contributed by atoms with van der Waals surface area (Å²) >= 11 is 0. The van der Waals surface area contributed by atoms with Crippen molar-refractivity contribution in [3.63, 3.8) is 0 Å². The summed E-state index contributed by atoms with van der Waals surface area (Å²) in [5.74, 6) is 0.0989. The highest BCUT2D eigenvalue weighted by Gasteiger charge is 2.33. The zero-order valence-electron chi connectivity index (χ0n) is 14.4. The molecule has 1 amide bonds. The van der Waals surface area contributed by atoms with Gasteiger partial charge in [0.25, 0.3) is 5.89 Å². The molecule has 2 aromatic carbocycles. The van der Waals surface area contributed by atoms with Crippen LogP contribution in [-0.2, 0) is 11.3 Å². The van der Waals surface area contributed by atoms with Gasteiger partial charge in [-0.1, -0.05) is 47.1 Å². The SMILES string of the molecule is Cc1ccc(CN2CC(c3noc(-c4ccccc4F)n3)CC2=O)cc1. The third-order valence-corrected chi connectivity index (χ3v) is 4.62. The number of carbonyl (C=O) groups is 1. The smallest absolute Gasteiger partial charge is 0.260 e. The van der Waals surface area contributed by atoms with Gasteiger partial charge in [-0.25, -0.2) is 4.39 Å². The van der Waals surface area contributed by atoms with Crippen molar-refractivity contribution in [2.24, 2.45) is 0 Å². The van der Waals surface area contributed by atoms with Crippen molar-refractivity contribution in [2.45, 2.75) is 25.8 Å². The lowest BCUT2D eigenvalue weighted by Gasteiger charge is -2.16. The van der Waals surface area contributed by atoms with E-state index in [1.54, 1.807) is 23.1 Å². The van der Waals surface area contributed by atoms with E-state index >= 15 is 0 Å². The van der Waals surface area contributed by atoms with Gasteiger partial charge in [-0.3, -0.25) is 4.79 Å². The second kappa shape index (κ2) is 6.71. The first-order valence-electron chi connectivity index (χ1n) is 8.52. The highest BCUT2D eigenvalue weighted by Crippen LogP contribution is 2.29. The van der Waals surface area contributed by atoms with E-state index in [1.807, 2.05) is 31.2 Å². The molecule has 4 rings (SSSR count). The molecule has 1 aliphatic rings. The molecule has 3 aromatic rings. The van der Waals surface area contributed by atoms with Crippen LogP contribution in [0.4, 0.5) is 4.39 Å². The monoisotopic (exact) mass is 351 g/mol. The normalized spacial score (nSPS) is 17.1. The van der Waals surface area contributed by atoms with E-state index in [9.17, 15) is 9.18 Å². The number of halogens is 1. The molecule has 6 heteroatoms. The number of hydrogen-bond acceptors (Lipinski definition) is 4. The van der Waals surface area contributed by atoms with Crippen LogP contribution in [0.15, 0.2) is 53.1 Å². The summed E-state index contributed by atoms with van der Waals surface area (Å²) in [6.45, 7) is 3.13. The Morgan fingerprint density at radius 1 is 1.19 bits per heavy atom. The van der Waals surface area contributed by atoms with Gasteiger partial charge in [-0.15, -0.1) is 0 Å². The van der Waals surface area contributed by atoms with E-state index < -0.39 is 5.82 Å². The average molecular weight is 351 g/mol. The number of carbonyl (C=O) groups excluding carboxylic acids is 1. The second-order valence-corrected chi connectivity index (χ2v) is 6.60. The van der Waals surface area contributed by atoms with Crippen molar-refractivity contribution in [1.29, 1.82) is 0 Å². The van der Waals surface area contributed by atoms with Crippen LogP contribution >= 0.6 is 0 Å². The Labute approximate surface area is 150 Å². The van der Waals surface area contributed by atoms with Crippen molar-refractivity contribution in [3.05, 3.63) is 71.3 Å². The van der Waals surface area contributed by atoms with Crippen LogP contribution in [0.3, 0.4) is 0 Å². The molecule has 1 unspecified atom stereocenters. The molecule has 0 N–H and O–H groups in total. The molecule has 1 saturated heterocycles. The third-order valence-electron chi connectivity index (χ3n) is 4.62. The van der Waals surface area contributed by atoms with Crippen LogP contribution in [-0.4, -0.2) is 27.5 Å². The Bertz CT molecular complexity index is 936. The van der Waals surface area contributed by atoms with Gasteiger partial charge in [-0.05, 0) is 24.6 Å². The summed E-state index contributed by atoms with van der Waals surface area (Å²) in [6.07, 6.45) is 0.335. The molecule has 1 aliphatic heterocycles. The van der Waals surface area contributed by atoms with Crippen LogP contribution in [0.1, 0.15) is 29.3 Å². The van der Waals surface area contributed by atoms with Crippen molar-refractivity contribution in [2.75, 3.05) is 6.54 Å². The summed E-state index contributed by atoms with van der Waals surface area (Å²) in [5.41, 5.74) is 2.55. The molecule has 1 fully saturated rings. The minimum atomic E-state index is -0.411. The number of benzene rings is 2. The molecule has 5 nitrogen and oxygen atoms in total. The minimum Gasteiger partial charge on any atom is -0.338 e. The maximum Gasteiger partial charge on any atom is 0.260 e. The molecule has 2 heterocycles. The summed E-state index contributed by atoms with van der Waals surface area (Å²) in [6, 6.07) is 14.4. The first-order chi connectivity index (χ1) is 12.6. The largest absolute Gasteiger partial charge is 0.338 e. The van der Waals surface area contributed by atoms with E-state index in [2.05, 4.69) is 10.1 Å². The number of likely N-dealkylation sites (tertiary alicyclic amines) is 1. The molecule has 0 saturated carbocycles. The third kappa shape index (κ3) is 3.22. The lowest BCUT2D eigenvalue weighted by atomic mass is 10.1. The molecule has 0 radical (unpaired) electrons. The molecule has 0 bridgehead atoms. The van der Waals surface area contributed by atoms with Crippen molar-refractivity contribution in [3.8, 4) is 11.5 Å². The first-order valence-corrected chi connectivity index (χ1v) is 8.52. The predicted molar refractivity (Wildman–Crippen MR) is 93.6 cm³/mol. The van der Waals surface area contributed by atoms with Gasteiger partial charge in [0.05, 0.1) is 5.56 Å². The van der Waals surface area contributed by atoms with Crippen LogP contribution in [0.25, 0.3) is 11.5 Å². The van der Waals surface area contributed by atoms with E-state index in [0.29, 0.717) is 25.3 Å². The number of hydrogen-bond donors (Lipinski definition) is 0. The molecular formula is C20H18FN3O2. The van der Waals surface area contributed by atoms with E-state index in [0.717, 1.165) is 5.56 Å². The van der Waals surface area contributed by atoms with Gasteiger partial charge in [-0.2, -0.15) is 4.98 Å². The maximum absolute atomic E-state index is 13.9. The van der Waals surface area contributed by atoms with Crippen LogP contribution in [0, 0.1) is 12.7 Å². The van der Waals surface area contributed by atoms with Gasteiger partial charge in [0.2, 0.25) is 5.91 Å². The van der Waals surface area contributed by atoms with Crippen LogP contribution < -0.4 is 0 Å². The summed E-state index contributed by atoms with van der Waals surface area (Å²) in [5, 5.41) is 3.97. The standard InChI is InChI=1S/C20H18FN3O2/c1-13-6-8-14(9-7-13)11-24-12-15(10-18(24)25)19-22-20(26-23-19)16-4-2-3-5-17(16)21/h2-9,15H,10-12H2,1H3. The molecule has 1 atom stereocenters. The summed E-state index contributed by atoms with van der Waals surface area (Å²) in [7, 11) is 0. The van der Waals surface area contributed by atoms with Gasteiger partial charge >= 0.3 is 0 Å². The fraction of sp³-hybridized carbons (Fsp3) is 0.250. The number of aryl methyl sites for hydroxylation is 1. The zero-order valence-corrected chi connectivity index (χ0v) is 14.4. The lowest BCUT2D eigenvalue weighted by Crippen LogP contribution is -2.24. The average Bonchev–Trinajstić information content (AvgIpc) is 3.25. The van der Waals surface area contributed by atoms with E-state index in [1.165, 1.54) is 11.6 Å². The number of aromatic nitrogens is 2. The van der Waals surface area contributed by atoms with Crippen LogP contribution in [0.5, 0.6) is 0 Å². The Kier molecular flexibility index (Phi) is 4.24. The fourth-order valence-electron chi connectivity index (χ4n) is 3.16. The van der Waals surface area contributed by atoms with Gasteiger partial charge in [0.1, 0.15) is 5.82 Å². The Morgan fingerprint density at radius 2 is 1.96 bits per heavy atom. The van der Waals surface area contributed by atoms with Crippen molar-refractivity contribution < 1.29 is 13.7 Å². The molecule has 132 valence electrons. The van der Waals surface area contributed by atoms with Gasteiger partial charge < -0.3 is 9.42 Å². The Morgan fingerprint density at radius 3 is 2.73 bits per heavy atom. The summed E-state index contributed by atoms with van der Waals surface area (Å²) in [4.78, 5) is 18.5. The number of rotatable bonds is 4. The molecule has 1 aromatic heterocycles. The molecule has 26 heavy (non-hydrogen) atoms. The second-order valence-electron chi connectivity index (χ2n) is 6.60. The molecule has 0 spiro atoms. The van der Waals surface area contributed by atoms with Gasteiger partial charge in [0, 0.05) is 25.4 Å². The topological polar surface area (TPSA) is 59.2 Å². The van der Waals surface area contributed by atoms with E-state index in [-0.39, 0.29) is 23.3 Å². The highest BCUT2D eigenvalue weighted by atomic mass is 19.1. The number of amides is 1. The van der Waals surface area contributed by atoms with Crippen molar-refractivity contribution >= 4 is 5.91 Å². The predicted octanol–water partition coefficient (Wildman–Crippen LogP) is 3.70. The minimum absolute atomic E-state index is 0.0628. The first kappa shape index (κ1) is 16.4. The number of nitrogens with zero attached hydrogens (tertiary/aromatic N) is 3. The zero-order chi connectivity index (χ0) is 18.1. The lowest BCUT2D eigenvalue weighted by molar-refractivity contribution is -0.128. The molecular weight excluding hydrogens is 333 g/mol. The molecule has 0 aliphatic carbocycles. The maximum atomic E-state index is 13.9. The van der Waals surface area contributed by atoms with E-state index in [4.69, 9.17) is 4.52 Å². The van der Waals surface area contributed by atoms with Crippen molar-refractivity contribution in [1.82, 2.24) is 15.0 Å². The fourth-order valence-corrected chi connectivity index (χ4v) is 3.16. The quantitative estimate of drug-likeness (QED) is 0.719.